The van der Waals surface area contributed by atoms with E-state index in [4.69, 9.17) is 4.74 Å². The Labute approximate surface area is 162 Å². The lowest BCUT2D eigenvalue weighted by molar-refractivity contribution is -0.162. The second-order valence-corrected chi connectivity index (χ2v) is 7.28. The number of amides is 2. The highest BCUT2D eigenvalue weighted by molar-refractivity contribution is 7.22. The van der Waals surface area contributed by atoms with Gasteiger partial charge in [0.15, 0.2) is 11.7 Å². The van der Waals surface area contributed by atoms with Gasteiger partial charge in [0.1, 0.15) is 11.3 Å². The van der Waals surface area contributed by atoms with E-state index in [-0.39, 0.29) is 24.9 Å². The fourth-order valence-corrected chi connectivity index (χ4v) is 3.79. The lowest BCUT2D eigenvalue weighted by Crippen LogP contribution is -2.42. The number of nitrogens with one attached hydrogen (secondary N) is 1. The number of aromatic nitrogens is 1. The van der Waals surface area contributed by atoms with E-state index in [9.17, 15) is 22.8 Å². The zero-order valence-electron chi connectivity index (χ0n) is 14.9. The van der Waals surface area contributed by atoms with E-state index in [1.54, 1.807) is 13.2 Å². The van der Waals surface area contributed by atoms with Crippen LogP contribution in [0.2, 0.25) is 0 Å². The summed E-state index contributed by atoms with van der Waals surface area (Å²) in [4.78, 5) is 29.7. The van der Waals surface area contributed by atoms with Gasteiger partial charge >= 0.3 is 12.3 Å². The van der Waals surface area contributed by atoms with Gasteiger partial charge in [-0.05, 0) is 25.0 Å². The van der Waals surface area contributed by atoms with Gasteiger partial charge in [0.05, 0.1) is 11.8 Å². The predicted molar refractivity (Wildman–Crippen MR) is 96.5 cm³/mol. The number of anilines is 1. The number of hydrogen-bond acceptors (Lipinski definition) is 6. The van der Waals surface area contributed by atoms with E-state index in [1.165, 1.54) is 16.2 Å². The van der Waals surface area contributed by atoms with Crippen molar-refractivity contribution in [1.82, 2.24) is 9.88 Å². The van der Waals surface area contributed by atoms with Gasteiger partial charge in [-0.2, -0.15) is 13.2 Å². The normalized spacial score (nSPS) is 15.5. The lowest BCUT2D eigenvalue weighted by atomic mass is 9.96. The standard InChI is InChI=1S/C17H18F3N3O4S/c1-26-11-3-2-4-12-13(11)21-15(28-12)22-14(24)10-5-7-23(8-6-10)16(25)27-9-17(18,19)20/h2-4,10H,5-9H2,1H3,(H,21,22,24). The van der Waals surface area contributed by atoms with Crippen LogP contribution in [-0.2, 0) is 9.53 Å². The van der Waals surface area contributed by atoms with Gasteiger partial charge in [-0.3, -0.25) is 4.79 Å². The van der Waals surface area contributed by atoms with Crippen molar-refractivity contribution in [2.45, 2.75) is 19.0 Å². The van der Waals surface area contributed by atoms with Gasteiger partial charge in [-0.1, -0.05) is 17.4 Å². The van der Waals surface area contributed by atoms with Crippen LogP contribution >= 0.6 is 11.3 Å². The Morgan fingerprint density at radius 1 is 1.32 bits per heavy atom. The fourth-order valence-electron chi connectivity index (χ4n) is 2.91. The molecule has 28 heavy (non-hydrogen) atoms. The van der Waals surface area contributed by atoms with Crippen LogP contribution in [0, 0.1) is 5.92 Å². The Kier molecular flexibility index (Phi) is 5.92. The van der Waals surface area contributed by atoms with Gasteiger partial charge in [0.25, 0.3) is 0 Å². The minimum atomic E-state index is -4.56. The molecule has 1 saturated heterocycles. The van der Waals surface area contributed by atoms with E-state index in [1.807, 2.05) is 12.1 Å². The van der Waals surface area contributed by atoms with Gasteiger partial charge in [0, 0.05) is 19.0 Å². The molecule has 1 N–H and O–H groups in total. The van der Waals surface area contributed by atoms with Crippen molar-refractivity contribution >= 4 is 38.7 Å². The zero-order valence-corrected chi connectivity index (χ0v) is 15.7. The highest BCUT2D eigenvalue weighted by Gasteiger charge is 2.33. The lowest BCUT2D eigenvalue weighted by Gasteiger charge is -2.30. The number of carbonyl (C=O) groups excluding carboxylic acids is 2. The first-order chi connectivity index (χ1) is 13.3. The van der Waals surface area contributed by atoms with Crippen molar-refractivity contribution < 1.29 is 32.2 Å². The maximum absolute atomic E-state index is 12.5. The molecule has 152 valence electrons. The predicted octanol–water partition coefficient (Wildman–Crippen LogP) is 3.65. The highest BCUT2D eigenvalue weighted by atomic mass is 32.1. The van der Waals surface area contributed by atoms with Gasteiger partial charge in [0.2, 0.25) is 5.91 Å². The Hall–Kier alpha value is -2.56. The van der Waals surface area contributed by atoms with E-state index in [0.717, 1.165) is 4.70 Å². The number of rotatable bonds is 4. The quantitative estimate of drug-likeness (QED) is 0.821. The molecule has 1 aromatic heterocycles. The largest absolute Gasteiger partial charge is 0.494 e. The summed E-state index contributed by atoms with van der Waals surface area (Å²) in [7, 11) is 1.54. The van der Waals surface area contributed by atoms with Gasteiger partial charge in [-0.25, -0.2) is 9.78 Å². The molecule has 0 unspecified atom stereocenters. The molecular formula is C17H18F3N3O4S. The zero-order chi connectivity index (χ0) is 20.3. The van der Waals surface area contributed by atoms with Crippen molar-refractivity contribution in [3.05, 3.63) is 18.2 Å². The molecule has 7 nitrogen and oxygen atoms in total. The summed E-state index contributed by atoms with van der Waals surface area (Å²) in [5.74, 6) is 0.0156. The number of thiazole rings is 1. The van der Waals surface area contributed by atoms with E-state index < -0.39 is 18.9 Å². The molecule has 2 heterocycles. The molecule has 0 saturated carbocycles. The van der Waals surface area contributed by atoms with Crippen molar-refractivity contribution in [2.24, 2.45) is 5.92 Å². The molecule has 0 aliphatic carbocycles. The third-order valence-corrected chi connectivity index (χ3v) is 5.25. The summed E-state index contributed by atoms with van der Waals surface area (Å²) in [6, 6.07) is 5.48. The SMILES string of the molecule is COc1cccc2sc(NC(=O)C3CCN(C(=O)OCC(F)(F)F)CC3)nc12. The van der Waals surface area contributed by atoms with E-state index >= 15 is 0 Å². The minimum absolute atomic E-state index is 0.155. The maximum Gasteiger partial charge on any atom is 0.422 e. The topological polar surface area (TPSA) is 80.8 Å². The summed E-state index contributed by atoms with van der Waals surface area (Å²) in [5, 5.41) is 3.21. The molecule has 0 atom stereocenters. The summed E-state index contributed by atoms with van der Waals surface area (Å²) >= 11 is 1.32. The minimum Gasteiger partial charge on any atom is -0.494 e. The van der Waals surface area contributed by atoms with Crippen LogP contribution in [0.3, 0.4) is 0 Å². The molecule has 2 amide bonds. The molecule has 11 heteroatoms. The van der Waals surface area contributed by atoms with Crippen LogP contribution in [0.4, 0.5) is 23.1 Å². The third-order valence-electron chi connectivity index (χ3n) is 4.32. The number of alkyl halides is 3. The highest BCUT2D eigenvalue weighted by Crippen LogP contribution is 2.32. The number of benzene rings is 1. The average Bonchev–Trinajstić information content (AvgIpc) is 3.08. The first-order valence-electron chi connectivity index (χ1n) is 8.49. The molecule has 1 aliphatic heterocycles. The Balaban J connectivity index is 1.53. The van der Waals surface area contributed by atoms with Crippen LogP contribution in [0.5, 0.6) is 5.75 Å². The number of hydrogen-bond donors (Lipinski definition) is 1. The van der Waals surface area contributed by atoms with Crippen LogP contribution in [0.25, 0.3) is 10.2 Å². The number of ether oxygens (including phenoxy) is 2. The second kappa shape index (κ2) is 8.21. The Morgan fingerprint density at radius 3 is 2.68 bits per heavy atom. The van der Waals surface area contributed by atoms with Crippen molar-refractivity contribution in [2.75, 3.05) is 32.1 Å². The van der Waals surface area contributed by atoms with Crippen LogP contribution in [0.15, 0.2) is 18.2 Å². The van der Waals surface area contributed by atoms with Gasteiger partial charge in [-0.15, -0.1) is 0 Å². The molecule has 2 aromatic rings. The maximum atomic E-state index is 12.5. The molecule has 1 fully saturated rings. The summed E-state index contributed by atoms with van der Waals surface area (Å²) in [5.41, 5.74) is 0.660. The second-order valence-electron chi connectivity index (χ2n) is 6.25. The fraction of sp³-hybridized carbons (Fsp3) is 0.471. The summed E-state index contributed by atoms with van der Waals surface area (Å²) in [6.45, 7) is -1.31. The number of halogens is 3. The Morgan fingerprint density at radius 2 is 2.04 bits per heavy atom. The number of likely N-dealkylation sites (tertiary alicyclic amines) is 1. The first-order valence-corrected chi connectivity index (χ1v) is 9.31. The van der Waals surface area contributed by atoms with E-state index in [0.29, 0.717) is 29.2 Å². The molecule has 0 spiro atoms. The van der Waals surface area contributed by atoms with Crippen LogP contribution < -0.4 is 10.1 Å². The number of nitrogens with zero attached hydrogens (tertiary/aromatic N) is 2. The number of methoxy groups -OCH3 is 1. The summed E-state index contributed by atoms with van der Waals surface area (Å²) < 4.78 is 46.7. The molecule has 1 aromatic carbocycles. The summed E-state index contributed by atoms with van der Waals surface area (Å²) in [6.07, 6.45) is -4.91. The first kappa shape index (κ1) is 20.2. The number of carbonyl (C=O) groups is 2. The van der Waals surface area contributed by atoms with Gasteiger partial charge < -0.3 is 19.7 Å². The van der Waals surface area contributed by atoms with Crippen molar-refractivity contribution in [1.29, 1.82) is 0 Å². The number of fused-ring (bicyclic) bond motifs is 1. The van der Waals surface area contributed by atoms with Crippen LogP contribution in [-0.4, -0.2) is 54.9 Å². The third kappa shape index (κ3) is 4.83. The van der Waals surface area contributed by atoms with E-state index in [2.05, 4.69) is 15.0 Å². The average molecular weight is 417 g/mol. The molecule has 0 bridgehead atoms. The molecular weight excluding hydrogens is 399 g/mol. The van der Waals surface area contributed by atoms with Crippen molar-refractivity contribution in [3.63, 3.8) is 0 Å². The smallest absolute Gasteiger partial charge is 0.422 e. The molecule has 0 radical (unpaired) electrons. The monoisotopic (exact) mass is 417 g/mol. The number of piperidine rings is 1. The molecule has 3 rings (SSSR count). The van der Waals surface area contributed by atoms with Crippen molar-refractivity contribution in [3.8, 4) is 5.75 Å². The molecule has 1 aliphatic rings. The number of para-hydroxylation sites is 1. The Bertz CT molecular complexity index is 863. The van der Waals surface area contributed by atoms with Crippen LogP contribution in [0.1, 0.15) is 12.8 Å².